The summed E-state index contributed by atoms with van der Waals surface area (Å²) < 4.78 is 10.5. The Morgan fingerprint density at radius 1 is 1.29 bits per heavy atom. The van der Waals surface area contributed by atoms with E-state index in [0.29, 0.717) is 33.2 Å². The minimum Gasteiger partial charge on any atom is -0.462 e. The molecule has 1 aliphatic rings. The van der Waals surface area contributed by atoms with E-state index in [-0.39, 0.29) is 37.6 Å². The van der Waals surface area contributed by atoms with Crippen LogP contribution in [0.15, 0.2) is 10.9 Å². The summed E-state index contributed by atoms with van der Waals surface area (Å²) in [6, 6.07) is 1.42. The molecule has 8 nitrogen and oxygen atoms in total. The molecule has 1 fully saturated rings. The minimum absolute atomic E-state index is 0. The number of H-pyrrole nitrogens is 1. The van der Waals surface area contributed by atoms with Gasteiger partial charge in [0, 0.05) is 5.39 Å². The van der Waals surface area contributed by atoms with Gasteiger partial charge in [-0.1, -0.05) is 0 Å². The van der Waals surface area contributed by atoms with Crippen molar-refractivity contribution >= 4 is 35.1 Å². The predicted molar refractivity (Wildman–Crippen MR) is 106 cm³/mol. The summed E-state index contributed by atoms with van der Waals surface area (Å²) in [5.74, 6) is -0.795. The molecule has 0 aliphatic carbocycles. The number of fused-ring (bicyclic) bond motifs is 1. The van der Waals surface area contributed by atoms with Gasteiger partial charge in [-0.15, -0.1) is 12.4 Å². The van der Waals surface area contributed by atoms with Crippen LogP contribution in [0, 0.1) is 13.8 Å². The maximum atomic E-state index is 12.4. The molecule has 2 N–H and O–H groups in total. The Labute approximate surface area is 168 Å². The van der Waals surface area contributed by atoms with Gasteiger partial charge in [-0.3, -0.25) is 9.59 Å². The largest absolute Gasteiger partial charge is 0.462 e. The molecule has 1 aromatic carbocycles. The lowest BCUT2D eigenvalue weighted by molar-refractivity contribution is -0.147. The van der Waals surface area contributed by atoms with E-state index in [0.717, 1.165) is 19.4 Å². The number of aryl methyl sites for hydroxylation is 2. The van der Waals surface area contributed by atoms with Gasteiger partial charge in [-0.05, 0) is 57.4 Å². The molecule has 3 rings (SSSR count). The van der Waals surface area contributed by atoms with Gasteiger partial charge < -0.3 is 14.8 Å². The third-order valence-corrected chi connectivity index (χ3v) is 4.78. The van der Waals surface area contributed by atoms with Crippen LogP contribution in [0.25, 0.3) is 10.8 Å². The normalized spacial score (nSPS) is 15.9. The number of nitrogens with one attached hydrogen (secondary N) is 2. The second-order valence-electron chi connectivity index (χ2n) is 6.59. The summed E-state index contributed by atoms with van der Waals surface area (Å²) in [4.78, 5) is 36.7. The van der Waals surface area contributed by atoms with Crippen molar-refractivity contribution in [3.8, 4) is 0 Å². The first kappa shape index (κ1) is 21.8. The Kier molecular flexibility index (Phi) is 7.15. The molecule has 1 unspecified atom stereocenters. The Balaban J connectivity index is 0.00000280. The third kappa shape index (κ3) is 4.18. The van der Waals surface area contributed by atoms with E-state index in [1.807, 2.05) is 0 Å². The van der Waals surface area contributed by atoms with E-state index in [1.165, 1.54) is 0 Å². The fourth-order valence-corrected chi connectivity index (χ4v) is 3.49. The standard InChI is InChI=1S/C19H23N3O5.ClH/c1-4-26-19(25)15-10(2)8-12-14(21-22-17(23)16(12)11(15)3)9-27-18(24)13-6-5-7-20-13;/h8,13,20H,4-7,9H2,1-3H3,(H,22,23);1H. The maximum absolute atomic E-state index is 12.4. The van der Waals surface area contributed by atoms with E-state index in [1.54, 1.807) is 26.8 Å². The van der Waals surface area contributed by atoms with Gasteiger partial charge in [0.2, 0.25) is 0 Å². The molecular formula is C19H24ClN3O5. The number of carbonyl (C=O) groups excluding carboxylic acids is 2. The quantitative estimate of drug-likeness (QED) is 0.726. The second kappa shape index (κ2) is 9.16. The molecule has 0 spiro atoms. The molecule has 28 heavy (non-hydrogen) atoms. The third-order valence-electron chi connectivity index (χ3n) is 4.78. The topological polar surface area (TPSA) is 110 Å². The number of benzene rings is 1. The average molecular weight is 410 g/mol. The van der Waals surface area contributed by atoms with Crippen molar-refractivity contribution in [1.29, 1.82) is 0 Å². The summed E-state index contributed by atoms with van der Waals surface area (Å²) >= 11 is 0. The molecule has 2 heterocycles. The molecule has 0 saturated carbocycles. The number of hydrogen-bond donors (Lipinski definition) is 2. The number of rotatable bonds is 5. The molecule has 9 heteroatoms. The van der Waals surface area contributed by atoms with Gasteiger partial charge in [0.15, 0.2) is 0 Å². The van der Waals surface area contributed by atoms with Crippen molar-refractivity contribution < 1.29 is 19.1 Å². The van der Waals surface area contributed by atoms with E-state index >= 15 is 0 Å². The number of ether oxygens (including phenoxy) is 2. The SMILES string of the molecule is CCOC(=O)c1c(C)cc2c(COC(=O)C3CCCN3)n[nH]c(=O)c2c1C.Cl. The predicted octanol–water partition coefficient (Wildman–Crippen LogP) is 1.93. The van der Waals surface area contributed by atoms with Gasteiger partial charge in [0.25, 0.3) is 5.56 Å². The minimum atomic E-state index is -0.467. The van der Waals surface area contributed by atoms with E-state index in [4.69, 9.17) is 9.47 Å². The van der Waals surface area contributed by atoms with Gasteiger partial charge in [0.1, 0.15) is 18.3 Å². The van der Waals surface area contributed by atoms with E-state index in [2.05, 4.69) is 15.5 Å². The Bertz CT molecular complexity index is 951. The zero-order chi connectivity index (χ0) is 19.6. The molecule has 1 aliphatic heterocycles. The maximum Gasteiger partial charge on any atom is 0.338 e. The summed E-state index contributed by atoms with van der Waals surface area (Å²) in [6.45, 7) is 6.20. The molecular weight excluding hydrogens is 386 g/mol. The first-order chi connectivity index (χ1) is 12.9. The fourth-order valence-electron chi connectivity index (χ4n) is 3.49. The average Bonchev–Trinajstić information content (AvgIpc) is 3.15. The molecule has 0 amide bonds. The smallest absolute Gasteiger partial charge is 0.338 e. The highest BCUT2D eigenvalue weighted by Gasteiger charge is 2.24. The van der Waals surface area contributed by atoms with Crippen molar-refractivity contribution in [2.24, 2.45) is 0 Å². The van der Waals surface area contributed by atoms with Crippen LogP contribution in [-0.4, -0.2) is 41.3 Å². The van der Waals surface area contributed by atoms with E-state index < -0.39 is 11.5 Å². The van der Waals surface area contributed by atoms with Gasteiger partial charge >= 0.3 is 11.9 Å². The van der Waals surface area contributed by atoms with Crippen molar-refractivity contribution in [3.63, 3.8) is 0 Å². The molecule has 0 radical (unpaired) electrons. The van der Waals surface area contributed by atoms with Gasteiger partial charge in [-0.25, -0.2) is 9.89 Å². The molecule has 1 saturated heterocycles. The molecule has 1 atom stereocenters. The summed E-state index contributed by atoms with van der Waals surface area (Å²) in [7, 11) is 0. The summed E-state index contributed by atoms with van der Waals surface area (Å²) in [5, 5.41) is 10.5. The Hall–Kier alpha value is -2.45. The van der Waals surface area contributed by atoms with Crippen LogP contribution in [0.5, 0.6) is 0 Å². The van der Waals surface area contributed by atoms with Crippen LogP contribution in [0.2, 0.25) is 0 Å². The van der Waals surface area contributed by atoms with Crippen molar-refractivity contribution in [3.05, 3.63) is 38.8 Å². The zero-order valence-electron chi connectivity index (χ0n) is 16.1. The van der Waals surface area contributed by atoms with Gasteiger partial charge in [0.05, 0.1) is 17.6 Å². The number of aromatic amines is 1. The zero-order valence-corrected chi connectivity index (χ0v) is 16.9. The molecule has 152 valence electrons. The number of hydrogen-bond acceptors (Lipinski definition) is 7. The van der Waals surface area contributed by atoms with Gasteiger partial charge in [-0.2, -0.15) is 5.10 Å². The molecule has 1 aromatic heterocycles. The Morgan fingerprint density at radius 2 is 2.04 bits per heavy atom. The highest BCUT2D eigenvalue weighted by atomic mass is 35.5. The van der Waals surface area contributed by atoms with Crippen LogP contribution in [-0.2, 0) is 20.9 Å². The number of nitrogens with zero attached hydrogens (tertiary/aromatic N) is 1. The first-order valence-electron chi connectivity index (χ1n) is 9.02. The number of carbonyl (C=O) groups is 2. The van der Waals surface area contributed by atoms with Crippen LogP contribution in [0.4, 0.5) is 0 Å². The second-order valence-corrected chi connectivity index (χ2v) is 6.59. The summed E-state index contributed by atoms with van der Waals surface area (Å²) in [6.07, 6.45) is 1.69. The van der Waals surface area contributed by atoms with Crippen LogP contribution in [0.1, 0.15) is 46.9 Å². The summed E-state index contributed by atoms with van der Waals surface area (Å²) in [5.41, 5.74) is 1.62. The number of halogens is 1. The Morgan fingerprint density at radius 3 is 2.68 bits per heavy atom. The molecule has 0 bridgehead atoms. The van der Waals surface area contributed by atoms with Crippen LogP contribution >= 0.6 is 12.4 Å². The van der Waals surface area contributed by atoms with Crippen LogP contribution in [0.3, 0.4) is 0 Å². The lowest BCUT2D eigenvalue weighted by Crippen LogP contribution is -2.32. The van der Waals surface area contributed by atoms with Crippen LogP contribution < -0.4 is 10.9 Å². The molecule has 2 aromatic rings. The van der Waals surface area contributed by atoms with Crippen molar-refractivity contribution in [2.75, 3.05) is 13.2 Å². The van der Waals surface area contributed by atoms with Crippen molar-refractivity contribution in [2.45, 2.75) is 46.3 Å². The highest BCUT2D eigenvalue weighted by molar-refractivity contribution is 6.00. The monoisotopic (exact) mass is 409 g/mol. The fraction of sp³-hybridized carbons (Fsp3) is 0.474. The van der Waals surface area contributed by atoms with Crippen molar-refractivity contribution in [1.82, 2.24) is 15.5 Å². The first-order valence-corrected chi connectivity index (χ1v) is 9.02. The lowest BCUT2D eigenvalue weighted by atomic mass is 9.96. The number of esters is 2. The number of aromatic nitrogens is 2. The van der Waals surface area contributed by atoms with E-state index in [9.17, 15) is 14.4 Å². The lowest BCUT2D eigenvalue weighted by Gasteiger charge is -2.14. The highest BCUT2D eigenvalue weighted by Crippen LogP contribution is 2.25.